The predicted molar refractivity (Wildman–Crippen MR) is 93.9 cm³/mol. The van der Waals surface area contributed by atoms with E-state index in [9.17, 15) is 19.4 Å². The average Bonchev–Trinajstić information content (AvgIpc) is 3.07. The van der Waals surface area contributed by atoms with Gasteiger partial charge in [-0.05, 0) is 23.8 Å². The highest BCUT2D eigenvalue weighted by molar-refractivity contribution is 5.83. The molecule has 4 N–H and O–H groups in total. The van der Waals surface area contributed by atoms with Crippen LogP contribution in [-0.2, 0) is 11.3 Å². The molecule has 1 amide bonds. The number of fused-ring (bicyclic) bond motifs is 1. The molecule has 2 unspecified atom stereocenters. The number of H-pyrrole nitrogens is 1. The lowest BCUT2D eigenvalue weighted by Gasteiger charge is -2.18. The second-order valence-electron chi connectivity index (χ2n) is 5.89. The molecule has 6 nitrogen and oxygen atoms in total. The Bertz CT molecular complexity index is 882. The number of aliphatic hydroxyl groups excluding tert-OH is 2. The molecule has 0 aliphatic heterocycles. The van der Waals surface area contributed by atoms with Crippen LogP contribution in [0.4, 0.5) is 9.18 Å². The van der Waals surface area contributed by atoms with E-state index >= 15 is 0 Å². The van der Waals surface area contributed by atoms with Crippen LogP contribution in [0.15, 0.2) is 54.7 Å². The molecule has 1 aromatic heterocycles. The summed E-state index contributed by atoms with van der Waals surface area (Å²) in [5, 5.41) is 23.5. The Kier molecular flexibility index (Phi) is 5.50. The Morgan fingerprint density at radius 3 is 2.73 bits per heavy atom. The van der Waals surface area contributed by atoms with Gasteiger partial charge in [-0.1, -0.05) is 30.3 Å². The van der Waals surface area contributed by atoms with Crippen LogP contribution in [0.2, 0.25) is 0 Å². The van der Waals surface area contributed by atoms with Crippen molar-refractivity contribution in [3.05, 3.63) is 71.7 Å². The van der Waals surface area contributed by atoms with Gasteiger partial charge in [-0.2, -0.15) is 0 Å². The molecule has 3 aromatic rings. The zero-order chi connectivity index (χ0) is 18.5. The summed E-state index contributed by atoms with van der Waals surface area (Å²) in [6.45, 7) is -0.0814. The maximum absolute atomic E-state index is 13.2. The van der Waals surface area contributed by atoms with Crippen molar-refractivity contribution < 1.29 is 24.1 Å². The molecule has 0 aliphatic rings. The van der Waals surface area contributed by atoms with Crippen molar-refractivity contribution in [2.24, 2.45) is 0 Å². The molecule has 2 aromatic carbocycles. The number of aromatic nitrogens is 1. The summed E-state index contributed by atoms with van der Waals surface area (Å²) >= 11 is 0. The summed E-state index contributed by atoms with van der Waals surface area (Å²) < 4.78 is 18.3. The molecular formula is C19H19FN2O4. The normalized spacial score (nSPS) is 13.3. The van der Waals surface area contributed by atoms with Crippen LogP contribution in [-0.4, -0.2) is 33.9 Å². The van der Waals surface area contributed by atoms with E-state index in [1.54, 1.807) is 0 Å². The Hall–Kier alpha value is -2.90. The summed E-state index contributed by atoms with van der Waals surface area (Å²) in [4.78, 5) is 14.6. The monoisotopic (exact) mass is 358 g/mol. The minimum atomic E-state index is -1.25. The molecule has 0 bridgehead atoms. The number of carbonyl (C=O) groups is 1. The second kappa shape index (κ2) is 7.99. The highest BCUT2D eigenvalue weighted by Gasteiger charge is 2.22. The van der Waals surface area contributed by atoms with Crippen molar-refractivity contribution in [1.29, 1.82) is 0 Å². The lowest BCUT2D eigenvalue weighted by atomic mass is 10.0. The first kappa shape index (κ1) is 17.9. The first-order chi connectivity index (χ1) is 12.5. The summed E-state index contributed by atoms with van der Waals surface area (Å²) in [5.41, 5.74) is 1.78. The predicted octanol–water partition coefficient (Wildman–Crippen LogP) is 2.63. The largest absolute Gasteiger partial charge is 0.445 e. The number of rotatable bonds is 6. The molecule has 0 saturated carbocycles. The summed E-state index contributed by atoms with van der Waals surface area (Å²) in [5.74, 6) is -0.399. The zero-order valence-corrected chi connectivity index (χ0v) is 13.9. The van der Waals surface area contributed by atoms with Crippen molar-refractivity contribution in [2.45, 2.75) is 18.8 Å². The van der Waals surface area contributed by atoms with Gasteiger partial charge in [-0.25, -0.2) is 9.18 Å². The molecule has 1 heterocycles. The number of hydrogen-bond acceptors (Lipinski definition) is 4. The smallest absolute Gasteiger partial charge is 0.407 e. The SMILES string of the molecule is O=C(NCC(O)C(O)c1c[nH]c2cc(F)ccc12)OCc1ccccc1. The molecule has 3 rings (SSSR count). The maximum Gasteiger partial charge on any atom is 0.407 e. The van der Waals surface area contributed by atoms with Crippen LogP contribution >= 0.6 is 0 Å². The molecule has 26 heavy (non-hydrogen) atoms. The van der Waals surface area contributed by atoms with E-state index in [1.807, 2.05) is 30.3 Å². The Balaban J connectivity index is 1.53. The van der Waals surface area contributed by atoms with Crippen molar-refractivity contribution in [2.75, 3.05) is 6.54 Å². The number of aromatic amines is 1. The number of halogens is 1. The van der Waals surface area contributed by atoms with Gasteiger partial charge in [0.15, 0.2) is 0 Å². The van der Waals surface area contributed by atoms with Gasteiger partial charge >= 0.3 is 6.09 Å². The van der Waals surface area contributed by atoms with Crippen LogP contribution < -0.4 is 5.32 Å². The minimum absolute atomic E-state index is 0.110. The van der Waals surface area contributed by atoms with E-state index in [1.165, 1.54) is 24.4 Å². The lowest BCUT2D eigenvalue weighted by molar-refractivity contribution is 0.0192. The van der Waals surface area contributed by atoms with E-state index in [-0.39, 0.29) is 13.2 Å². The second-order valence-corrected chi connectivity index (χ2v) is 5.89. The Morgan fingerprint density at radius 1 is 1.19 bits per heavy atom. The third kappa shape index (κ3) is 4.19. The number of nitrogens with one attached hydrogen (secondary N) is 2. The topological polar surface area (TPSA) is 94.6 Å². The molecule has 0 spiro atoms. The van der Waals surface area contributed by atoms with Crippen molar-refractivity contribution in [1.82, 2.24) is 10.3 Å². The first-order valence-corrected chi connectivity index (χ1v) is 8.12. The lowest BCUT2D eigenvalue weighted by Crippen LogP contribution is -2.35. The molecule has 7 heteroatoms. The van der Waals surface area contributed by atoms with Crippen LogP contribution in [0.1, 0.15) is 17.2 Å². The Labute approximate surface area is 149 Å². The van der Waals surface area contributed by atoms with E-state index < -0.39 is 24.1 Å². The Morgan fingerprint density at radius 2 is 1.96 bits per heavy atom. The summed E-state index contributed by atoms with van der Waals surface area (Å²) in [7, 11) is 0. The molecule has 136 valence electrons. The summed E-state index contributed by atoms with van der Waals surface area (Å²) in [6.07, 6.45) is -1.68. The van der Waals surface area contributed by atoms with E-state index in [4.69, 9.17) is 4.74 Å². The third-order valence-corrected chi connectivity index (χ3v) is 4.03. The van der Waals surface area contributed by atoms with Gasteiger partial charge in [0.25, 0.3) is 0 Å². The van der Waals surface area contributed by atoms with E-state index in [0.717, 1.165) is 5.56 Å². The van der Waals surface area contributed by atoms with Gasteiger partial charge in [0.1, 0.15) is 24.6 Å². The third-order valence-electron chi connectivity index (χ3n) is 4.03. The number of aliphatic hydroxyl groups is 2. The minimum Gasteiger partial charge on any atom is -0.445 e. The molecule has 0 radical (unpaired) electrons. The standard InChI is InChI=1S/C19H19FN2O4/c20-13-6-7-14-15(9-21-16(14)8-13)18(24)17(23)10-22-19(25)26-11-12-4-2-1-3-5-12/h1-9,17-18,21,23-24H,10-11H2,(H,22,25). The van der Waals surface area contributed by atoms with Crippen LogP contribution in [0.3, 0.4) is 0 Å². The van der Waals surface area contributed by atoms with Crippen molar-refractivity contribution in [3.63, 3.8) is 0 Å². The zero-order valence-electron chi connectivity index (χ0n) is 13.9. The molecule has 2 atom stereocenters. The summed E-state index contributed by atoms with van der Waals surface area (Å²) in [6, 6.07) is 13.3. The van der Waals surface area contributed by atoms with Gasteiger partial charge < -0.3 is 25.3 Å². The highest BCUT2D eigenvalue weighted by atomic mass is 19.1. The van der Waals surface area contributed by atoms with Crippen LogP contribution in [0.25, 0.3) is 10.9 Å². The maximum atomic E-state index is 13.2. The number of carbonyl (C=O) groups excluding carboxylic acids is 1. The highest BCUT2D eigenvalue weighted by Crippen LogP contribution is 2.26. The molecule has 0 aliphatic carbocycles. The van der Waals surface area contributed by atoms with E-state index in [2.05, 4.69) is 10.3 Å². The fourth-order valence-corrected chi connectivity index (χ4v) is 2.65. The molecular weight excluding hydrogens is 339 g/mol. The molecule has 0 fully saturated rings. The van der Waals surface area contributed by atoms with Crippen LogP contribution in [0, 0.1) is 5.82 Å². The first-order valence-electron chi connectivity index (χ1n) is 8.12. The number of hydrogen-bond donors (Lipinski definition) is 4. The number of amides is 1. The van der Waals surface area contributed by atoms with E-state index in [0.29, 0.717) is 16.5 Å². The molecule has 0 saturated heterocycles. The average molecular weight is 358 g/mol. The van der Waals surface area contributed by atoms with Gasteiger partial charge in [0.05, 0.1) is 0 Å². The fraction of sp³-hybridized carbons (Fsp3) is 0.211. The van der Waals surface area contributed by atoms with Crippen LogP contribution in [0.5, 0.6) is 0 Å². The number of ether oxygens (including phenoxy) is 1. The quantitative estimate of drug-likeness (QED) is 0.545. The van der Waals surface area contributed by atoms with Gasteiger partial charge in [-0.15, -0.1) is 0 Å². The number of benzene rings is 2. The fourth-order valence-electron chi connectivity index (χ4n) is 2.65. The van der Waals surface area contributed by atoms with Crippen molar-refractivity contribution >= 4 is 17.0 Å². The van der Waals surface area contributed by atoms with Gasteiger partial charge in [0, 0.05) is 29.2 Å². The number of alkyl carbamates (subject to hydrolysis) is 1. The van der Waals surface area contributed by atoms with Gasteiger partial charge in [0.2, 0.25) is 0 Å². The van der Waals surface area contributed by atoms with Gasteiger partial charge in [-0.3, -0.25) is 0 Å². The van der Waals surface area contributed by atoms with Crippen molar-refractivity contribution in [3.8, 4) is 0 Å².